The Morgan fingerprint density at radius 1 is 1.29 bits per heavy atom. The largest absolute Gasteiger partial charge is 0.352 e. The molecule has 0 bridgehead atoms. The van der Waals surface area contributed by atoms with Gasteiger partial charge in [-0.3, -0.25) is 4.79 Å². The lowest BCUT2D eigenvalue weighted by atomic mass is 10.2. The van der Waals surface area contributed by atoms with Crippen LogP contribution in [-0.2, 0) is 13.0 Å². The number of carbonyl (C=O) groups is 1. The topological polar surface area (TPSA) is 59.8 Å². The molecule has 0 radical (unpaired) electrons. The lowest BCUT2D eigenvalue weighted by molar-refractivity contribution is 0.0953. The molecule has 0 fully saturated rings. The molecule has 0 aliphatic carbocycles. The van der Waals surface area contributed by atoms with Crippen LogP contribution in [0.25, 0.3) is 0 Å². The summed E-state index contributed by atoms with van der Waals surface area (Å²) in [4.78, 5) is 12.0. The summed E-state index contributed by atoms with van der Waals surface area (Å²) < 4.78 is 15.0. The molecule has 0 spiro atoms. The van der Waals surface area contributed by atoms with Gasteiger partial charge in [-0.25, -0.2) is 4.39 Å². The average Bonchev–Trinajstić information content (AvgIpc) is 2.93. The fourth-order valence-electron chi connectivity index (χ4n) is 2.36. The Labute approximate surface area is 146 Å². The minimum atomic E-state index is -0.347. The molecule has 1 amide bonds. The summed E-state index contributed by atoms with van der Waals surface area (Å²) in [7, 11) is 0. The maximum absolute atomic E-state index is 12.9. The van der Waals surface area contributed by atoms with E-state index >= 15 is 0 Å². The Balaban J connectivity index is 1.85. The highest BCUT2D eigenvalue weighted by atomic mass is 32.2. The number of amides is 1. The van der Waals surface area contributed by atoms with E-state index in [0.29, 0.717) is 18.0 Å². The van der Waals surface area contributed by atoms with Gasteiger partial charge in [0.2, 0.25) is 0 Å². The number of halogens is 1. The van der Waals surface area contributed by atoms with Crippen molar-refractivity contribution >= 4 is 17.7 Å². The van der Waals surface area contributed by atoms with Crippen molar-refractivity contribution in [1.82, 2.24) is 20.1 Å². The molecule has 0 atom stereocenters. The first-order chi connectivity index (χ1) is 11.5. The quantitative estimate of drug-likeness (QED) is 0.587. The highest BCUT2D eigenvalue weighted by Crippen LogP contribution is 2.16. The first-order valence-electron chi connectivity index (χ1n) is 8.01. The van der Waals surface area contributed by atoms with Crippen LogP contribution in [0.3, 0.4) is 0 Å². The van der Waals surface area contributed by atoms with E-state index in [0.717, 1.165) is 30.4 Å². The fourth-order valence-corrected chi connectivity index (χ4v) is 2.88. The van der Waals surface area contributed by atoms with E-state index in [1.54, 1.807) is 11.8 Å². The Morgan fingerprint density at radius 2 is 2.00 bits per heavy atom. The van der Waals surface area contributed by atoms with Crippen molar-refractivity contribution in [1.29, 1.82) is 0 Å². The number of hydrogen-bond acceptors (Lipinski definition) is 4. The van der Waals surface area contributed by atoms with E-state index < -0.39 is 0 Å². The molecule has 0 aliphatic rings. The molecule has 0 saturated carbocycles. The predicted octanol–water partition coefficient (Wildman–Crippen LogP) is 3.16. The van der Waals surface area contributed by atoms with Gasteiger partial charge in [-0.05, 0) is 42.9 Å². The first kappa shape index (κ1) is 18.4. The molecule has 0 saturated heterocycles. The second kappa shape index (κ2) is 8.82. The van der Waals surface area contributed by atoms with E-state index in [1.165, 1.54) is 24.3 Å². The number of nitrogens with one attached hydrogen (secondary N) is 1. The maximum atomic E-state index is 12.9. The zero-order valence-corrected chi connectivity index (χ0v) is 15.1. The van der Waals surface area contributed by atoms with Crippen LogP contribution >= 0.6 is 11.8 Å². The molecule has 1 aromatic carbocycles. The third-order valence-corrected chi connectivity index (χ3v) is 4.16. The van der Waals surface area contributed by atoms with Crippen LogP contribution in [0.1, 0.15) is 36.5 Å². The highest BCUT2D eigenvalue weighted by molar-refractivity contribution is 7.98. The van der Waals surface area contributed by atoms with Gasteiger partial charge in [-0.1, -0.05) is 25.6 Å². The van der Waals surface area contributed by atoms with E-state index in [1.807, 2.05) is 6.26 Å². The second-order valence-corrected chi connectivity index (χ2v) is 6.75. The summed E-state index contributed by atoms with van der Waals surface area (Å²) in [6, 6.07) is 5.53. The van der Waals surface area contributed by atoms with Gasteiger partial charge in [0.15, 0.2) is 5.16 Å². The van der Waals surface area contributed by atoms with Crippen molar-refractivity contribution in [2.24, 2.45) is 5.92 Å². The average molecular weight is 350 g/mol. The number of rotatable bonds is 8. The summed E-state index contributed by atoms with van der Waals surface area (Å²) in [6.07, 6.45) is 3.52. The van der Waals surface area contributed by atoms with Crippen molar-refractivity contribution in [3.63, 3.8) is 0 Å². The number of carbonyl (C=O) groups excluding carboxylic acids is 1. The number of thioether (sulfide) groups is 1. The highest BCUT2D eigenvalue weighted by Gasteiger charge is 2.12. The van der Waals surface area contributed by atoms with Crippen molar-refractivity contribution < 1.29 is 9.18 Å². The van der Waals surface area contributed by atoms with Crippen molar-refractivity contribution in [3.05, 3.63) is 41.5 Å². The third-order valence-electron chi connectivity index (χ3n) is 3.49. The van der Waals surface area contributed by atoms with Crippen molar-refractivity contribution in [2.75, 3.05) is 12.8 Å². The van der Waals surface area contributed by atoms with Gasteiger partial charge in [0.25, 0.3) is 5.91 Å². The smallest absolute Gasteiger partial charge is 0.251 e. The monoisotopic (exact) mass is 350 g/mol. The van der Waals surface area contributed by atoms with E-state index in [-0.39, 0.29) is 11.7 Å². The number of nitrogens with zero attached hydrogens (tertiary/aromatic N) is 3. The molecule has 7 heteroatoms. The zero-order valence-electron chi connectivity index (χ0n) is 14.3. The summed E-state index contributed by atoms with van der Waals surface area (Å²) in [6.45, 7) is 5.76. The van der Waals surface area contributed by atoms with Gasteiger partial charge < -0.3 is 9.88 Å². The van der Waals surface area contributed by atoms with E-state index in [2.05, 4.69) is 33.9 Å². The third kappa shape index (κ3) is 5.06. The van der Waals surface area contributed by atoms with Gasteiger partial charge in [0.1, 0.15) is 11.6 Å². The molecule has 0 aliphatic heterocycles. The van der Waals surface area contributed by atoms with Gasteiger partial charge in [0, 0.05) is 25.1 Å². The zero-order chi connectivity index (χ0) is 17.5. The predicted molar refractivity (Wildman–Crippen MR) is 93.7 cm³/mol. The summed E-state index contributed by atoms with van der Waals surface area (Å²) >= 11 is 1.59. The van der Waals surface area contributed by atoms with Gasteiger partial charge in [-0.2, -0.15) is 0 Å². The molecule has 24 heavy (non-hydrogen) atoms. The summed E-state index contributed by atoms with van der Waals surface area (Å²) in [5.41, 5.74) is 0.462. The molecule has 1 N–H and O–H groups in total. The standard InChI is InChI=1S/C17H23FN4OS/c1-12(2)11-22-15(20-21-17(22)24-3)5-4-10-19-16(23)13-6-8-14(18)9-7-13/h6-9,12H,4-5,10-11H2,1-3H3,(H,19,23). The summed E-state index contributed by atoms with van der Waals surface area (Å²) in [5.74, 6) is 0.928. The van der Waals surface area contributed by atoms with Crippen LogP contribution in [0.2, 0.25) is 0 Å². The lowest BCUT2D eigenvalue weighted by Gasteiger charge is -2.11. The van der Waals surface area contributed by atoms with Gasteiger partial charge in [0.05, 0.1) is 0 Å². The Hall–Kier alpha value is -1.89. The molecule has 1 heterocycles. The first-order valence-corrected chi connectivity index (χ1v) is 9.23. The Bertz CT molecular complexity index is 670. The van der Waals surface area contributed by atoms with Crippen LogP contribution in [0.5, 0.6) is 0 Å². The SMILES string of the molecule is CSc1nnc(CCCNC(=O)c2ccc(F)cc2)n1CC(C)C. The lowest BCUT2D eigenvalue weighted by Crippen LogP contribution is -2.25. The van der Waals surface area contributed by atoms with Crippen molar-refractivity contribution in [3.8, 4) is 0 Å². The van der Waals surface area contributed by atoms with Crippen LogP contribution in [0.4, 0.5) is 4.39 Å². The number of benzene rings is 1. The second-order valence-electron chi connectivity index (χ2n) is 5.97. The molecular formula is C17H23FN4OS. The normalized spacial score (nSPS) is 11.0. The molecule has 0 unspecified atom stereocenters. The summed E-state index contributed by atoms with van der Waals surface area (Å²) in [5, 5.41) is 12.2. The Kier molecular flexibility index (Phi) is 6.78. The minimum Gasteiger partial charge on any atom is -0.352 e. The molecule has 1 aromatic heterocycles. The fraction of sp³-hybridized carbons (Fsp3) is 0.471. The minimum absolute atomic E-state index is 0.191. The van der Waals surface area contributed by atoms with Crippen LogP contribution in [-0.4, -0.2) is 33.5 Å². The van der Waals surface area contributed by atoms with E-state index in [9.17, 15) is 9.18 Å². The van der Waals surface area contributed by atoms with E-state index in [4.69, 9.17) is 0 Å². The molecule has 2 rings (SSSR count). The van der Waals surface area contributed by atoms with Crippen LogP contribution < -0.4 is 5.32 Å². The van der Waals surface area contributed by atoms with Crippen molar-refractivity contribution in [2.45, 2.75) is 38.4 Å². The maximum Gasteiger partial charge on any atom is 0.251 e. The Morgan fingerprint density at radius 3 is 2.62 bits per heavy atom. The van der Waals surface area contributed by atoms with Gasteiger partial charge >= 0.3 is 0 Å². The number of hydrogen-bond donors (Lipinski definition) is 1. The molecule has 130 valence electrons. The molecular weight excluding hydrogens is 327 g/mol. The molecule has 2 aromatic rings. The van der Waals surface area contributed by atoms with Crippen LogP contribution in [0.15, 0.2) is 29.4 Å². The molecule has 5 nitrogen and oxygen atoms in total. The van der Waals surface area contributed by atoms with Crippen LogP contribution in [0, 0.1) is 11.7 Å². The number of aromatic nitrogens is 3. The van der Waals surface area contributed by atoms with Gasteiger partial charge in [-0.15, -0.1) is 10.2 Å². The number of aryl methyl sites for hydroxylation is 1.